The second kappa shape index (κ2) is 13.2. The molecule has 1 atom stereocenters. The van der Waals surface area contributed by atoms with Crippen LogP contribution in [0.15, 0.2) is 0 Å². The fraction of sp³-hybridized carbons (Fsp3) is 1.00. The Balaban J connectivity index is 1.67. The first kappa shape index (κ1) is 17.3. The number of nitrogens with one attached hydrogen (secondary N) is 1. The third-order valence-electron chi connectivity index (χ3n) is 3.86. The molecule has 1 rings (SSSR count). The molecule has 0 bridgehead atoms. The zero-order valence-corrected chi connectivity index (χ0v) is 13.2. The van der Waals surface area contributed by atoms with Gasteiger partial charge in [0, 0.05) is 12.5 Å². The molecule has 1 aliphatic rings. The van der Waals surface area contributed by atoms with Gasteiger partial charge in [-0.15, -0.1) is 11.6 Å². The standard InChI is InChI=1S/C16H32ClNO/c17-13-9-7-5-3-1-2-4-6-8-10-15-19-16-12-11-14-18-16/h16,18H,1-15H2. The van der Waals surface area contributed by atoms with Gasteiger partial charge in [0.1, 0.15) is 6.23 Å². The Morgan fingerprint density at radius 3 is 1.95 bits per heavy atom. The molecule has 1 aliphatic heterocycles. The number of hydrogen-bond donors (Lipinski definition) is 1. The van der Waals surface area contributed by atoms with Gasteiger partial charge in [-0.2, -0.15) is 0 Å². The topological polar surface area (TPSA) is 21.3 Å². The van der Waals surface area contributed by atoms with E-state index in [0.29, 0.717) is 6.23 Å². The Hall–Kier alpha value is 0.210. The average Bonchev–Trinajstić information content (AvgIpc) is 2.93. The first-order valence-electron chi connectivity index (χ1n) is 8.34. The fourth-order valence-corrected chi connectivity index (χ4v) is 2.82. The summed E-state index contributed by atoms with van der Waals surface area (Å²) in [4.78, 5) is 0. The lowest BCUT2D eigenvalue weighted by Crippen LogP contribution is -2.24. The predicted octanol–water partition coefficient (Wildman–Crippen LogP) is 4.85. The molecule has 0 spiro atoms. The van der Waals surface area contributed by atoms with Gasteiger partial charge in [0.2, 0.25) is 0 Å². The number of unbranched alkanes of at least 4 members (excludes halogenated alkanes) is 9. The van der Waals surface area contributed by atoms with E-state index >= 15 is 0 Å². The molecule has 2 nitrogen and oxygen atoms in total. The molecule has 1 heterocycles. The van der Waals surface area contributed by atoms with Crippen molar-refractivity contribution in [2.45, 2.75) is 83.3 Å². The first-order valence-corrected chi connectivity index (χ1v) is 8.88. The molecule has 0 aromatic heterocycles. The quantitative estimate of drug-likeness (QED) is 0.386. The molecule has 1 unspecified atom stereocenters. The van der Waals surface area contributed by atoms with E-state index in [2.05, 4.69) is 5.32 Å². The van der Waals surface area contributed by atoms with E-state index in [4.69, 9.17) is 16.3 Å². The van der Waals surface area contributed by atoms with Gasteiger partial charge in [0.05, 0.1) is 0 Å². The fourth-order valence-electron chi connectivity index (χ4n) is 2.63. The van der Waals surface area contributed by atoms with Gasteiger partial charge in [-0.05, 0) is 32.2 Å². The molecule has 1 saturated heterocycles. The molecule has 0 radical (unpaired) electrons. The normalized spacial score (nSPS) is 19.1. The Kier molecular flexibility index (Phi) is 12.0. The van der Waals surface area contributed by atoms with Crippen LogP contribution in [0.2, 0.25) is 0 Å². The van der Waals surface area contributed by atoms with Gasteiger partial charge < -0.3 is 4.74 Å². The van der Waals surface area contributed by atoms with Crippen molar-refractivity contribution in [1.29, 1.82) is 0 Å². The van der Waals surface area contributed by atoms with E-state index in [9.17, 15) is 0 Å². The Labute approximate surface area is 124 Å². The summed E-state index contributed by atoms with van der Waals surface area (Å²) < 4.78 is 5.76. The summed E-state index contributed by atoms with van der Waals surface area (Å²) in [7, 11) is 0. The van der Waals surface area contributed by atoms with Crippen LogP contribution in [0.1, 0.15) is 77.0 Å². The van der Waals surface area contributed by atoms with Gasteiger partial charge in [0.15, 0.2) is 0 Å². The van der Waals surface area contributed by atoms with Crippen LogP contribution in [0.25, 0.3) is 0 Å². The molecule has 0 aromatic carbocycles. The average molecular weight is 290 g/mol. The minimum atomic E-state index is 0.355. The Bertz CT molecular complexity index is 184. The van der Waals surface area contributed by atoms with Gasteiger partial charge in [-0.3, -0.25) is 5.32 Å². The SMILES string of the molecule is ClCCCCCCCCCCCCOC1CCCN1. The summed E-state index contributed by atoms with van der Waals surface area (Å²) in [5.74, 6) is 0.832. The van der Waals surface area contributed by atoms with Crippen LogP contribution in [0.5, 0.6) is 0 Å². The highest BCUT2D eigenvalue weighted by molar-refractivity contribution is 6.17. The summed E-state index contributed by atoms with van der Waals surface area (Å²) in [5.41, 5.74) is 0. The molecule has 0 amide bonds. The molecule has 19 heavy (non-hydrogen) atoms. The second-order valence-electron chi connectivity index (χ2n) is 5.68. The highest BCUT2D eigenvalue weighted by Crippen LogP contribution is 2.12. The predicted molar refractivity (Wildman–Crippen MR) is 83.9 cm³/mol. The van der Waals surface area contributed by atoms with E-state index < -0.39 is 0 Å². The lowest BCUT2D eigenvalue weighted by Gasteiger charge is -2.11. The molecule has 0 aromatic rings. The van der Waals surface area contributed by atoms with Crippen LogP contribution in [-0.2, 0) is 4.74 Å². The van der Waals surface area contributed by atoms with Gasteiger partial charge in [-0.1, -0.05) is 51.4 Å². The van der Waals surface area contributed by atoms with Crippen molar-refractivity contribution in [3.63, 3.8) is 0 Å². The van der Waals surface area contributed by atoms with Crippen molar-refractivity contribution in [3.8, 4) is 0 Å². The van der Waals surface area contributed by atoms with Crippen molar-refractivity contribution < 1.29 is 4.74 Å². The summed E-state index contributed by atoms with van der Waals surface area (Å²) in [6, 6.07) is 0. The Morgan fingerprint density at radius 2 is 1.42 bits per heavy atom. The highest BCUT2D eigenvalue weighted by Gasteiger charge is 2.13. The van der Waals surface area contributed by atoms with Crippen molar-refractivity contribution in [2.75, 3.05) is 19.0 Å². The third kappa shape index (κ3) is 10.6. The molecule has 114 valence electrons. The zero-order valence-electron chi connectivity index (χ0n) is 12.5. The summed E-state index contributed by atoms with van der Waals surface area (Å²) in [5, 5.41) is 3.37. The van der Waals surface area contributed by atoms with E-state index in [-0.39, 0.29) is 0 Å². The number of halogens is 1. The largest absolute Gasteiger partial charge is 0.363 e. The molecule has 1 fully saturated rings. The monoisotopic (exact) mass is 289 g/mol. The van der Waals surface area contributed by atoms with E-state index in [1.54, 1.807) is 0 Å². The van der Waals surface area contributed by atoms with Crippen molar-refractivity contribution in [3.05, 3.63) is 0 Å². The Morgan fingerprint density at radius 1 is 0.842 bits per heavy atom. The molecule has 1 N–H and O–H groups in total. The van der Waals surface area contributed by atoms with E-state index in [1.165, 1.54) is 77.0 Å². The van der Waals surface area contributed by atoms with Crippen LogP contribution in [0, 0.1) is 0 Å². The number of ether oxygens (including phenoxy) is 1. The molecule has 0 aliphatic carbocycles. The highest BCUT2D eigenvalue weighted by atomic mass is 35.5. The van der Waals surface area contributed by atoms with Crippen molar-refractivity contribution in [2.24, 2.45) is 0 Å². The van der Waals surface area contributed by atoms with Gasteiger partial charge >= 0.3 is 0 Å². The minimum Gasteiger partial charge on any atom is -0.363 e. The lowest BCUT2D eigenvalue weighted by molar-refractivity contribution is 0.0410. The van der Waals surface area contributed by atoms with Crippen molar-refractivity contribution >= 4 is 11.6 Å². The maximum atomic E-state index is 5.76. The molecule has 0 saturated carbocycles. The molecular weight excluding hydrogens is 258 g/mol. The number of alkyl halides is 1. The molecular formula is C16H32ClNO. The number of rotatable bonds is 13. The van der Waals surface area contributed by atoms with Gasteiger partial charge in [0.25, 0.3) is 0 Å². The van der Waals surface area contributed by atoms with E-state index in [0.717, 1.165) is 19.0 Å². The van der Waals surface area contributed by atoms with Crippen molar-refractivity contribution in [1.82, 2.24) is 5.32 Å². The van der Waals surface area contributed by atoms with Gasteiger partial charge in [-0.25, -0.2) is 0 Å². The van der Waals surface area contributed by atoms with Crippen LogP contribution >= 0.6 is 11.6 Å². The minimum absolute atomic E-state index is 0.355. The van der Waals surface area contributed by atoms with Crippen LogP contribution in [0.4, 0.5) is 0 Å². The molecule has 3 heteroatoms. The first-order chi connectivity index (χ1) is 9.43. The second-order valence-corrected chi connectivity index (χ2v) is 6.06. The van der Waals surface area contributed by atoms with E-state index in [1.807, 2.05) is 0 Å². The van der Waals surface area contributed by atoms with Crippen LogP contribution in [-0.4, -0.2) is 25.3 Å². The number of hydrogen-bond acceptors (Lipinski definition) is 2. The zero-order chi connectivity index (χ0) is 13.6. The maximum absolute atomic E-state index is 5.76. The summed E-state index contributed by atoms with van der Waals surface area (Å²) >= 11 is 5.65. The maximum Gasteiger partial charge on any atom is 0.108 e. The lowest BCUT2D eigenvalue weighted by atomic mass is 10.1. The van der Waals surface area contributed by atoms with Crippen LogP contribution < -0.4 is 5.32 Å². The summed E-state index contributed by atoms with van der Waals surface area (Å²) in [6.45, 7) is 2.08. The van der Waals surface area contributed by atoms with Crippen LogP contribution in [0.3, 0.4) is 0 Å². The summed E-state index contributed by atoms with van der Waals surface area (Å²) in [6.07, 6.45) is 16.3. The third-order valence-corrected chi connectivity index (χ3v) is 4.13. The smallest absolute Gasteiger partial charge is 0.108 e.